The van der Waals surface area contributed by atoms with E-state index < -0.39 is 0 Å². The summed E-state index contributed by atoms with van der Waals surface area (Å²) in [5.74, 6) is 0.833. The van der Waals surface area contributed by atoms with Crippen LogP contribution >= 0.6 is 0 Å². The molecule has 0 aromatic heterocycles. The van der Waals surface area contributed by atoms with Crippen molar-refractivity contribution in [1.82, 2.24) is 4.90 Å². The SMILES string of the molecule is CN(CC1CCOCO1)C(CN)C1CC1. The zero-order valence-electron chi connectivity index (χ0n) is 9.52. The molecule has 1 aliphatic carbocycles. The summed E-state index contributed by atoms with van der Waals surface area (Å²) in [7, 11) is 2.16. The van der Waals surface area contributed by atoms with Gasteiger partial charge in [-0.25, -0.2) is 0 Å². The minimum Gasteiger partial charge on any atom is -0.355 e. The number of nitrogens with zero attached hydrogens (tertiary/aromatic N) is 1. The van der Waals surface area contributed by atoms with E-state index >= 15 is 0 Å². The van der Waals surface area contributed by atoms with Crippen LogP contribution in [-0.2, 0) is 9.47 Å². The summed E-state index contributed by atoms with van der Waals surface area (Å²) in [6, 6.07) is 0.552. The summed E-state index contributed by atoms with van der Waals surface area (Å²) >= 11 is 0. The van der Waals surface area contributed by atoms with Crippen LogP contribution in [0.2, 0.25) is 0 Å². The van der Waals surface area contributed by atoms with Gasteiger partial charge in [0, 0.05) is 19.1 Å². The van der Waals surface area contributed by atoms with E-state index in [1.54, 1.807) is 0 Å². The minimum absolute atomic E-state index is 0.330. The highest BCUT2D eigenvalue weighted by molar-refractivity contribution is 4.88. The van der Waals surface area contributed by atoms with Crippen molar-refractivity contribution in [3.63, 3.8) is 0 Å². The quantitative estimate of drug-likeness (QED) is 0.720. The maximum atomic E-state index is 5.81. The Morgan fingerprint density at radius 1 is 1.40 bits per heavy atom. The summed E-state index contributed by atoms with van der Waals surface area (Å²) in [6.45, 7) is 3.04. The van der Waals surface area contributed by atoms with Crippen LogP contribution in [0.3, 0.4) is 0 Å². The molecule has 2 rings (SSSR count). The van der Waals surface area contributed by atoms with Gasteiger partial charge < -0.3 is 15.2 Å². The predicted molar refractivity (Wildman–Crippen MR) is 58.5 cm³/mol. The van der Waals surface area contributed by atoms with Gasteiger partial charge in [0.05, 0.1) is 12.7 Å². The Kier molecular flexibility index (Phi) is 3.97. The van der Waals surface area contributed by atoms with Crippen molar-refractivity contribution in [3.05, 3.63) is 0 Å². The van der Waals surface area contributed by atoms with Crippen LogP contribution < -0.4 is 5.73 Å². The minimum atomic E-state index is 0.330. The van der Waals surface area contributed by atoms with Gasteiger partial charge in [-0.05, 0) is 32.2 Å². The van der Waals surface area contributed by atoms with Crippen LogP contribution in [0.1, 0.15) is 19.3 Å². The lowest BCUT2D eigenvalue weighted by Gasteiger charge is -2.32. The molecule has 1 aliphatic heterocycles. The van der Waals surface area contributed by atoms with Crippen molar-refractivity contribution in [2.45, 2.75) is 31.4 Å². The highest BCUT2D eigenvalue weighted by Crippen LogP contribution is 2.34. The van der Waals surface area contributed by atoms with Gasteiger partial charge >= 0.3 is 0 Å². The molecule has 2 aliphatic rings. The Bertz CT molecular complexity index is 191. The zero-order chi connectivity index (χ0) is 10.7. The van der Waals surface area contributed by atoms with E-state index in [0.29, 0.717) is 18.9 Å². The predicted octanol–water partition coefficient (Wildman–Crippen LogP) is 0.419. The molecule has 2 atom stereocenters. The highest BCUT2D eigenvalue weighted by atomic mass is 16.7. The molecule has 0 bridgehead atoms. The van der Waals surface area contributed by atoms with Gasteiger partial charge in [-0.3, -0.25) is 4.90 Å². The first kappa shape index (κ1) is 11.3. The van der Waals surface area contributed by atoms with E-state index in [1.807, 2.05) is 0 Å². The lowest BCUT2D eigenvalue weighted by Crippen LogP contribution is -2.45. The molecule has 0 radical (unpaired) electrons. The molecule has 1 saturated heterocycles. The molecule has 0 amide bonds. The van der Waals surface area contributed by atoms with Crippen LogP contribution in [0.15, 0.2) is 0 Å². The smallest absolute Gasteiger partial charge is 0.147 e. The fourth-order valence-corrected chi connectivity index (χ4v) is 2.32. The summed E-state index contributed by atoms with van der Waals surface area (Å²) in [5, 5.41) is 0. The molecule has 2 unspecified atom stereocenters. The molecule has 88 valence electrons. The summed E-state index contributed by atoms with van der Waals surface area (Å²) in [5.41, 5.74) is 5.81. The Morgan fingerprint density at radius 2 is 2.20 bits per heavy atom. The average Bonchev–Trinajstić information content (AvgIpc) is 3.04. The molecule has 0 aromatic carbocycles. The Morgan fingerprint density at radius 3 is 2.73 bits per heavy atom. The van der Waals surface area contributed by atoms with Crippen molar-refractivity contribution in [3.8, 4) is 0 Å². The van der Waals surface area contributed by atoms with Gasteiger partial charge in [-0.1, -0.05) is 0 Å². The van der Waals surface area contributed by atoms with E-state index in [2.05, 4.69) is 11.9 Å². The van der Waals surface area contributed by atoms with Crippen LogP contribution in [0.25, 0.3) is 0 Å². The average molecular weight is 214 g/mol. The number of likely N-dealkylation sites (N-methyl/N-ethyl adjacent to an activating group) is 1. The Hall–Kier alpha value is -0.160. The molecular formula is C11H22N2O2. The second kappa shape index (κ2) is 5.25. The van der Waals surface area contributed by atoms with Crippen LogP contribution in [0, 0.1) is 5.92 Å². The molecule has 1 saturated carbocycles. The van der Waals surface area contributed by atoms with E-state index in [4.69, 9.17) is 15.2 Å². The van der Waals surface area contributed by atoms with E-state index in [0.717, 1.165) is 32.0 Å². The van der Waals surface area contributed by atoms with Gasteiger partial charge in [0.1, 0.15) is 6.79 Å². The number of ether oxygens (including phenoxy) is 2. The molecule has 0 spiro atoms. The fraction of sp³-hybridized carbons (Fsp3) is 1.00. The van der Waals surface area contributed by atoms with E-state index in [9.17, 15) is 0 Å². The Balaban J connectivity index is 1.75. The molecule has 4 nitrogen and oxygen atoms in total. The molecule has 2 fully saturated rings. The molecule has 4 heteroatoms. The van der Waals surface area contributed by atoms with Crippen LogP contribution in [0.5, 0.6) is 0 Å². The Labute approximate surface area is 91.7 Å². The highest BCUT2D eigenvalue weighted by Gasteiger charge is 2.33. The van der Waals surface area contributed by atoms with Crippen molar-refractivity contribution < 1.29 is 9.47 Å². The van der Waals surface area contributed by atoms with Crippen LogP contribution in [0.4, 0.5) is 0 Å². The van der Waals surface area contributed by atoms with Crippen molar-refractivity contribution in [1.29, 1.82) is 0 Å². The lowest BCUT2D eigenvalue weighted by atomic mass is 10.1. The number of hydrogen-bond acceptors (Lipinski definition) is 4. The number of rotatable bonds is 5. The van der Waals surface area contributed by atoms with Crippen LogP contribution in [-0.4, -0.2) is 50.6 Å². The third-order valence-corrected chi connectivity index (χ3v) is 3.44. The maximum absolute atomic E-state index is 5.81. The van der Waals surface area contributed by atoms with Gasteiger partial charge in [-0.15, -0.1) is 0 Å². The number of nitrogens with two attached hydrogens (primary N) is 1. The van der Waals surface area contributed by atoms with E-state index in [1.165, 1.54) is 12.8 Å². The van der Waals surface area contributed by atoms with Crippen molar-refractivity contribution in [2.24, 2.45) is 11.7 Å². The lowest BCUT2D eigenvalue weighted by molar-refractivity contribution is -0.145. The molecule has 0 aromatic rings. The summed E-state index contributed by atoms with van der Waals surface area (Å²) in [6.07, 6.45) is 4.03. The van der Waals surface area contributed by atoms with Gasteiger partial charge in [0.15, 0.2) is 0 Å². The normalized spacial score (nSPS) is 29.4. The van der Waals surface area contributed by atoms with Crippen molar-refractivity contribution >= 4 is 0 Å². The monoisotopic (exact) mass is 214 g/mol. The molecular weight excluding hydrogens is 192 g/mol. The second-order valence-electron chi connectivity index (χ2n) is 4.68. The first-order valence-corrected chi connectivity index (χ1v) is 5.91. The summed E-state index contributed by atoms with van der Waals surface area (Å²) in [4.78, 5) is 2.37. The van der Waals surface area contributed by atoms with Gasteiger partial charge in [0.25, 0.3) is 0 Å². The first-order chi connectivity index (χ1) is 7.31. The van der Waals surface area contributed by atoms with Gasteiger partial charge in [-0.2, -0.15) is 0 Å². The molecule has 15 heavy (non-hydrogen) atoms. The molecule has 1 heterocycles. The topological polar surface area (TPSA) is 47.7 Å². The molecule has 2 N–H and O–H groups in total. The maximum Gasteiger partial charge on any atom is 0.147 e. The standard InChI is InChI=1S/C11H22N2O2/c1-13(11(6-12)9-2-3-9)7-10-4-5-14-8-15-10/h9-11H,2-8,12H2,1H3. The third-order valence-electron chi connectivity index (χ3n) is 3.44. The van der Waals surface area contributed by atoms with Crippen molar-refractivity contribution in [2.75, 3.05) is 33.5 Å². The third kappa shape index (κ3) is 3.14. The zero-order valence-corrected chi connectivity index (χ0v) is 9.52. The summed E-state index contributed by atoms with van der Waals surface area (Å²) < 4.78 is 10.7. The van der Waals surface area contributed by atoms with Gasteiger partial charge in [0.2, 0.25) is 0 Å². The second-order valence-corrected chi connectivity index (χ2v) is 4.68. The number of hydrogen-bond donors (Lipinski definition) is 1. The largest absolute Gasteiger partial charge is 0.355 e. The fourth-order valence-electron chi connectivity index (χ4n) is 2.32. The first-order valence-electron chi connectivity index (χ1n) is 5.91. The van der Waals surface area contributed by atoms with E-state index in [-0.39, 0.29) is 0 Å².